The minimum Gasteiger partial charge on any atom is -0.137 e. The van der Waals surface area contributed by atoms with E-state index in [1.807, 2.05) is 48.6 Å². The molecule has 0 atom stereocenters. The highest BCUT2D eigenvalue weighted by Crippen LogP contribution is 1.84. The molecular weight excluding hydrogens is 200 g/mol. The van der Waals surface area contributed by atoms with Crippen molar-refractivity contribution in [3.05, 3.63) is 60.8 Å². The van der Waals surface area contributed by atoms with Crippen LogP contribution in [0.3, 0.4) is 0 Å². The van der Waals surface area contributed by atoms with Gasteiger partial charge in [0.25, 0.3) is 0 Å². The summed E-state index contributed by atoms with van der Waals surface area (Å²) < 4.78 is 0. The van der Waals surface area contributed by atoms with Crippen LogP contribution in [-0.2, 0) is 0 Å². The van der Waals surface area contributed by atoms with E-state index in [1.165, 1.54) is 12.4 Å². The molecule has 0 unspecified atom stereocenters. The van der Waals surface area contributed by atoms with Gasteiger partial charge in [0.05, 0.1) is 12.4 Å². The van der Waals surface area contributed by atoms with Crippen LogP contribution in [-0.4, -0.2) is 12.4 Å². The van der Waals surface area contributed by atoms with Crippen LogP contribution in [0.4, 0.5) is 0 Å². The minimum atomic E-state index is 1.54. The molecule has 0 aromatic rings. The normalized spacial score (nSPS) is 16.0. The second-order valence-electron chi connectivity index (χ2n) is 2.63. The van der Waals surface area contributed by atoms with Crippen LogP contribution in [0.5, 0.6) is 0 Å². The zero-order valence-corrected chi connectivity index (χ0v) is 8.72. The Morgan fingerprint density at radius 3 is 1.06 bits per heavy atom. The van der Waals surface area contributed by atoms with E-state index >= 15 is 0 Å². The SMILES string of the molecule is C1=CC=CC=CC=NN=NN=CC=CC=C1. The quantitative estimate of drug-likeness (QED) is 0.592. The highest BCUT2D eigenvalue weighted by molar-refractivity contribution is 5.71. The van der Waals surface area contributed by atoms with E-state index in [2.05, 4.69) is 20.6 Å². The Bertz CT molecular complexity index is 255. The van der Waals surface area contributed by atoms with Gasteiger partial charge in [0.2, 0.25) is 0 Å². The van der Waals surface area contributed by atoms with Crippen molar-refractivity contribution in [3.63, 3.8) is 0 Å². The van der Waals surface area contributed by atoms with Crippen molar-refractivity contribution < 1.29 is 0 Å². The minimum absolute atomic E-state index is 1.54. The Balaban J connectivity index is 2.67. The molecule has 0 saturated heterocycles. The van der Waals surface area contributed by atoms with Gasteiger partial charge in [0.15, 0.2) is 0 Å². The fourth-order valence-electron chi connectivity index (χ4n) is 0.795. The smallest absolute Gasteiger partial charge is 0.0514 e. The molecule has 0 aromatic heterocycles. The molecule has 0 aromatic carbocycles. The lowest BCUT2D eigenvalue weighted by atomic mass is 10.3. The Morgan fingerprint density at radius 2 is 0.688 bits per heavy atom. The Morgan fingerprint density at radius 1 is 0.375 bits per heavy atom. The van der Waals surface area contributed by atoms with Crippen molar-refractivity contribution in [1.29, 1.82) is 0 Å². The first-order chi connectivity index (χ1) is 8.00. The molecule has 0 amide bonds. The third-order valence-electron chi connectivity index (χ3n) is 1.45. The summed E-state index contributed by atoms with van der Waals surface area (Å²) in [4.78, 5) is 0. The van der Waals surface area contributed by atoms with E-state index < -0.39 is 0 Å². The summed E-state index contributed by atoms with van der Waals surface area (Å²) >= 11 is 0. The van der Waals surface area contributed by atoms with E-state index in [0.29, 0.717) is 0 Å². The average molecular weight is 212 g/mol. The predicted octanol–water partition coefficient (Wildman–Crippen LogP) is 3.20. The third kappa shape index (κ3) is 7.08. The molecule has 1 heterocycles. The van der Waals surface area contributed by atoms with Crippen molar-refractivity contribution in [2.75, 3.05) is 0 Å². The molecule has 1 aliphatic heterocycles. The van der Waals surface area contributed by atoms with E-state index in [9.17, 15) is 0 Å². The summed E-state index contributed by atoms with van der Waals surface area (Å²) in [6, 6.07) is 0. The monoisotopic (exact) mass is 212 g/mol. The summed E-state index contributed by atoms with van der Waals surface area (Å²) in [5, 5.41) is 14.2. The van der Waals surface area contributed by atoms with Crippen LogP contribution >= 0.6 is 0 Å². The van der Waals surface area contributed by atoms with Gasteiger partial charge >= 0.3 is 0 Å². The highest BCUT2D eigenvalue weighted by Gasteiger charge is 1.67. The molecule has 4 nitrogen and oxygen atoms in total. The van der Waals surface area contributed by atoms with Gasteiger partial charge in [-0.25, -0.2) is 0 Å². The molecule has 0 bridgehead atoms. The van der Waals surface area contributed by atoms with Crippen molar-refractivity contribution in [1.82, 2.24) is 0 Å². The zero-order chi connectivity index (χ0) is 11.3. The second-order valence-corrected chi connectivity index (χ2v) is 2.63. The van der Waals surface area contributed by atoms with E-state index in [0.717, 1.165) is 0 Å². The van der Waals surface area contributed by atoms with Gasteiger partial charge in [-0.2, -0.15) is 0 Å². The van der Waals surface area contributed by atoms with Crippen molar-refractivity contribution in [3.8, 4) is 0 Å². The lowest BCUT2D eigenvalue weighted by molar-refractivity contribution is 0.966. The van der Waals surface area contributed by atoms with Gasteiger partial charge < -0.3 is 0 Å². The van der Waals surface area contributed by atoms with Gasteiger partial charge in [0.1, 0.15) is 0 Å². The molecule has 1 rings (SSSR count). The van der Waals surface area contributed by atoms with Crippen molar-refractivity contribution in [2.24, 2.45) is 20.6 Å². The molecule has 0 saturated carbocycles. The van der Waals surface area contributed by atoms with Gasteiger partial charge in [0, 0.05) is 0 Å². The summed E-state index contributed by atoms with van der Waals surface area (Å²) in [5.41, 5.74) is 0. The van der Waals surface area contributed by atoms with Crippen LogP contribution in [0, 0.1) is 0 Å². The fourth-order valence-corrected chi connectivity index (χ4v) is 0.795. The summed E-state index contributed by atoms with van der Waals surface area (Å²) in [5.74, 6) is 0. The Labute approximate surface area is 94.5 Å². The first-order valence-electron chi connectivity index (χ1n) is 4.78. The lowest BCUT2D eigenvalue weighted by Gasteiger charge is -1.76. The van der Waals surface area contributed by atoms with Gasteiger partial charge in [-0.15, -0.1) is 10.2 Å². The topological polar surface area (TPSA) is 49.4 Å². The van der Waals surface area contributed by atoms with Gasteiger partial charge in [-0.1, -0.05) is 48.6 Å². The van der Waals surface area contributed by atoms with Crippen LogP contribution in [0.15, 0.2) is 81.4 Å². The molecule has 0 fully saturated rings. The molecule has 0 spiro atoms. The number of hydrogen-bond donors (Lipinski definition) is 0. The molecule has 4 heteroatoms. The number of nitrogens with zero attached hydrogens (tertiary/aromatic N) is 4. The van der Waals surface area contributed by atoms with Crippen LogP contribution < -0.4 is 0 Å². The maximum Gasteiger partial charge on any atom is 0.0514 e. The van der Waals surface area contributed by atoms with Crippen LogP contribution in [0.1, 0.15) is 0 Å². The first-order valence-corrected chi connectivity index (χ1v) is 4.78. The lowest BCUT2D eigenvalue weighted by Crippen LogP contribution is -1.63. The Hall–Kier alpha value is -2.36. The average Bonchev–Trinajstić information content (AvgIpc) is 2.29. The number of allylic oxidation sites excluding steroid dienone is 10. The maximum absolute atomic E-state index is 3.64. The molecular formula is C12H12N4. The highest BCUT2D eigenvalue weighted by atomic mass is 15.5. The molecule has 80 valence electrons. The molecule has 0 radical (unpaired) electrons. The van der Waals surface area contributed by atoms with Gasteiger partial charge in [-0.05, 0) is 22.6 Å². The van der Waals surface area contributed by atoms with Crippen molar-refractivity contribution >= 4 is 12.4 Å². The van der Waals surface area contributed by atoms with E-state index in [1.54, 1.807) is 12.2 Å². The third-order valence-corrected chi connectivity index (χ3v) is 1.45. The largest absolute Gasteiger partial charge is 0.137 e. The summed E-state index contributed by atoms with van der Waals surface area (Å²) in [6.07, 6.45) is 21.8. The molecule has 0 aliphatic carbocycles. The standard InChI is InChI=1S/C12H12N4/c1-2-4-6-8-10-12-14-16-15-13-11-9-7-5-3-1/h1-12H. The zero-order valence-electron chi connectivity index (χ0n) is 8.72. The van der Waals surface area contributed by atoms with Crippen LogP contribution in [0.2, 0.25) is 0 Å². The van der Waals surface area contributed by atoms with E-state index in [4.69, 9.17) is 0 Å². The van der Waals surface area contributed by atoms with Crippen molar-refractivity contribution in [2.45, 2.75) is 0 Å². The summed E-state index contributed by atoms with van der Waals surface area (Å²) in [6.45, 7) is 0. The van der Waals surface area contributed by atoms with Gasteiger partial charge in [-0.3, -0.25) is 0 Å². The fraction of sp³-hybridized carbons (Fsp3) is 0. The maximum atomic E-state index is 3.64. The first kappa shape index (κ1) is 11.7. The predicted molar refractivity (Wildman–Crippen MR) is 67.5 cm³/mol. The molecule has 16 heavy (non-hydrogen) atoms. The second kappa shape index (κ2) is 9.21. The Kier molecular flexibility index (Phi) is 6.74. The molecule has 1 aliphatic rings. The van der Waals surface area contributed by atoms with Crippen LogP contribution in [0.25, 0.3) is 0 Å². The number of rotatable bonds is 0. The number of hydrogen-bond acceptors (Lipinski definition) is 4. The summed E-state index contributed by atoms with van der Waals surface area (Å²) in [7, 11) is 0. The van der Waals surface area contributed by atoms with E-state index in [-0.39, 0.29) is 0 Å². The molecule has 0 N–H and O–H groups in total.